The average molecular weight is 437 g/mol. The number of nitrogens with zero attached hydrogens (tertiary/aromatic N) is 2. The molecule has 2 heterocycles. The molecule has 7 heteroatoms. The van der Waals surface area contributed by atoms with Crippen molar-refractivity contribution in [3.63, 3.8) is 0 Å². The molecular weight excluding hydrogens is 408 g/mol. The first-order valence-electron chi connectivity index (χ1n) is 10.7. The van der Waals surface area contributed by atoms with Crippen LogP contribution in [0.1, 0.15) is 29.2 Å². The molecule has 2 aromatic carbocycles. The van der Waals surface area contributed by atoms with Crippen molar-refractivity contribution in [3.05, 3.63) is 64.7 Å². The van der Waals surface area contributed by atoms with Gasteiger partial charge >= 0.3 is 0 Å². The maximum atomic E-state index is 13.1. The van der Waals surface area contributed by atoms with Crippen molar-refractivity contribution in [2.45, 2.75) is 18.9 Å². The van der Waals surface area contributed by atoms with E-state index in [0.29, 0.717) is 31.0 Å². The number of ether oxygens (including phenoxy) is 2. The minimum Gasteiger partial charge on any atom is -0.507 e. The molecule has 0 spiro atoms. The van der Waals surface area contributed by atoms with Crippen LogP contribution in [0.2, 0.25) is 0 Å². The molecule has 0 aliphatic carbocycles. The van der Waals surface area contributed by atoms with Gasteiger partial charge in [0, 0.05) is 18.7 Å². The Labute approximate surface area is 187 Å². The van der Waals surface area contributed by atoms with Gasteiger partial charge < -0.3 is 24.4 Å². The maximum absolute atomic E-state index is 13.1. The number of Topliss-reactive ketones (excluding diaryl/α,β-unsaturated/α-hetero) is 1. The molecule has 0 radical (unpaired) electrons. The van der Waals surface area contributed by atoms with Gasteiger partial charge in [0.25, 0.3) is 11.7 Å². The number of carbonyl (C=O) groups is 2. The summed E-state index contributed by atoms with van der Waals surface area (Å²) in [5.41, 5.74) is 2.35. The number of carbonyl (C=O) groups excluding carboxylic acids is 2. The van der Waals surface area contributed by atoms with Gasteiger partial charge in [-0.3, -0.25) is 9.59 Å². The number of amides is 1. The Kier molecular flexibility index (Phi) is 6.19. The molecule has 1 atom stereocenters. The molecular formula is C25H28N2O5. The Bertz CT molecular complexity index is 1060. The number of fused-ring (bicyclic) bond motifs is 1. The predicted molar refractivity (Wildman–Crippen MR) is 121 cm³/mol. The van der Waals surface area contributed by atoms with E-state index >= 15 is 0 Å². The second-order valence-corrected chi connectivity index (χ2v) is 8.34. The van der Waals surface area contributed by atoms with E-state index in [0.717, 1.165) is 29.7 Å². The van der Waals surface area contributed by atoms with E-state index in [-0.39, 0.29) is 11.3 Å². The number of likely N-dealkylation sites (tertiary alicyclic amines) is 1. The minimum absolute atomic E-state index is 0.107. The number of aliphatic hydroxyl groups is 1. The molecule has 4 rings (SSSR count). The van der Waals surface area contributed by atoms with E-state index in [2.05, 4.69) is 0 Å². The molecule has 168 valence electrons. The lowest BCUT2D eigenvalue weighted by molar-refractivity contribution is -0.140. The van der Waals surface area contributed by atoms with E-state index in [1.807, 2.05) is 43.3 Å². The number of rotatable bonds is 6. The van der Waals surface area contributed by atoms with Crippen LogP contribution in [0.4, 0.5) is 0 Å². The molecule has 1 unspecified atom stereocenters. The summed E-state index contributed by atoms with van der Waals surface area (Å²) >= 11 is 0. The fourth-order valence-corrected chi connectivity index (χ4v) is 4.21. The zero-order valence-electron chi connectivity index (χ0n) is 18.6. The van der Waals surface area contributed by atoms with Crippen LogP contribution in [0, 0.1) is 0 Å². The molecule has 1 amide bonds. The largest absolute Gasteiger partial charge is 0.507 e. The van der Waals surface area contributed by atoms with E-state index in [9.17, 15) is 14.7 Å². The van der Waals surface area contributed by atoms with Crippen molar-refractivity contribution in [1.29, 1.82) is 0 Å². The van der Waals surface area contributed by atoms with Gasteiger partial charge in [0.05, 0.1) is 25.3 Å². The number of benzene rings is 2. The highest BCUT2D eigenvalue weighted by atomic mass is 16.5. The standard InChI is InChI=1S/C25H28N2O5/c1-26(2)12-13-27-22(16-6-9-19(31-3)10-7-16)21(24(29)25(27)30)23(28)18-8-11-20-17(15-18)5-4-14-32-20/h6-11,15,22,28H,4-5,12-14H2,1-3H3/b23-21-. The zero-order chi connectivity index (χ0) is 22.8. The highest BCUT2D eigenvalue weighted by Gasteiger charge is 2.45. The Morgan fingerprint density at radius 1 is 1.19 bits per heavy atom. The number of methoxy groups -OCH3 is 1. The number of ketones is 1. The van der Waals surface area contributed by atoms with Gasteiger partial charge in [0.2, 0.25) is 0 Å². The number of likely N-dealkylation sites (N-methyl/N-ethyl adjacent to an activating group) is 1. The van der Waals surface area contributed by atoms with Gasteiger partial charge in [-0.25, -0.2) is 0 Å². The monoisotopic (exact) mass is 436 g/mol. The summed E-state index contributed by atoms with van der Waals surface area (Å²) in [6.45, 7) is 1.63. The third-order valence-electron chi connectivity index (χ3n) is 5.94. The molecule has 2 aliphatic heterocycles. The highest BCUT2D eigenvalue weighted by Crippen LogP contribution is 2.40. The van der Waals surface area contributed by atoms with Crippen LogP contribution < -0.4 is 9.47 Å². The van der Waals surface area contributed by atoms with Gasteiger partial charge in [0.15, 0.2) is 0 Å². The quantitative estimate of drug-likeness (QED) is 0.426. The Morgan fingerprint density at radius 2 is 1.94 bits per heavy atom. The van der Waals surface area contributed by atoms with Gasteiger partial charge in [-0.1, -0.05) is 12.1 Å². The molecule has 1 N–H and O–H groups in total. The molecule has 0 aromatic heterocycles. The molecule has 1 fully saturated rings. The van der Waals surface area contributed by atoms with Crippen LogP contribution in [0.15, 0.2) is 48.0 Å². The fourth-order valence-electron chi connectivity index (χ4n) is 4.21. The molecule has 0 bridgehead atoms. The molecule has 32 heavy (non-hydrogen) atoms. The summed E-state index contributed by atoms with van der Waals surface area (Å²) in [5.74, 6) is 0.0380. The lowest BCUT2D eigenvalue weighted by atomic mass is 9.94. The number of hydrogen-bond donors (Lipinski definition) is 1. The zero-order valence-corrected chi connectivity index (χ0v) is 18.6. The summed E-state index contributed by atoms with van der Waals surface area (Å²) in [4.78, 5) is 29.6. The van der Waals surface area contributed by atoms with Crippen LogP contribution in [0.3, 0.4) is 0 Å². The highest BCUT2D eigenvalue weighted by molar-refractivity contribution is 6.46. The Hall–Kier alpha value is -3.32. The van der Waals surface area contributed by atoms with Crippen molar-refractivity contribution >= 4 is 17.4 Å². The Morgan fingerprint density at radius 3 is 2.62 bits per heavy atom. The second-order valence-electron chi connectivity index (χ2n) is 8.34. The smallest absolute Gasteiger partial charge is 0.295 e. The normalized spacial score (nSPS) is 19.8. The fraction of sp³-hybridized carbons (Fsp3) is 0.360. The van der Waals surface area contributed by atoms with Crippen molar-refractivity contribution in [1.82, 2.24) is 9.80 Å². The average Bonchev–Trinajstić information content (AvgIpc) is 3.06. The van der Waals surface area contributed by atoms with Crippen molar-refractivity contribution in [2.24, 2.45) is 0 Å². The number of aryl methyl sites for hydroxylation is 1. The van der Waals surface area contributed by atoms with Crippen LogP contribution >= 0.6 is 0 Å². The second kappa shape index (κ2) is 9.04. The van der Waals surface area contributed by atoms with E-state index in [1.165, 1.54) is 4.90 Å². The molecule has 2 aromatic rings. The van der Waals surface area contributed by atoms with Gasteiger partial charge in [0.1, 0.15) is 17.3 Å². The lowest BCUT2D eigenvalue weighted by Gasteiger charge is -2.26. The summed E-state index contributed by atoms with van der Waals surface area (Å²) in [7, 11) is 5.40. The maximum Gasteiger partial charge on any atom is 0.295 e. The summed E-state index contributed by atoms with van der Waals surface area (Å²) in [5, 5.41) is 11.2. The van der Waals surface area contributed by atoms with E-state index < -0.39 is 17.7 Å². The van der Waals surface area contributed by atoms with E-state index in [1.54, 1.807) is 25.3 Å². The minimum atomic E-state index is -0.673. The lowest BCUT2D eigenvalue weighted by Crippen LogP contribution is -2.35. The van der Waals surface area contributed by atoms with Gasteiger partial charge in [-0.15, -0.1) is 0 Å². The van der Waals surface area contributed by atoms with Crippen LogP contribution in [0.25, 0.3) is 5.76 Å². The van der Waals surface area contributed by atoms with Crippen molar-refractivity contribution in [3.8, 4) is 11.5 Å². The van der Waals surface area contributed by atoms with Crippen LogP contribution in [-0.2, 0) is 16.0 Å². The molecule has 2 aliphatic rings. The van der Waals surface area contributed by atoms with Crippen molar-refractivity contribution in [2.75, 3.05) is 40.9 Å². The van der Waals surface area contributed by atoms with E-state index in [4.69, 9.17) is 9.47 Å². The first-order valence-corrected chi connectivity index (χ1v) is 10.7. The number of hydrogen-bond acceptors (Lipinski definition) is 6. The molecule has 1 saturated heterocycles. The predicted octanol–water partition coefficient (Wildman–Crippen LogP) is 3.00. The SMILES string of the molecule is COc1ccc(C2/C(=C(/O)c3ccc4c(c3)CCCO4)C(=O)C(=O)N2CCN(C)C)cc1. The number of aliphatic hydroxyl groups excluding tert-OH is 1. The van der Waals surface area contributed by atoms with Crippen molar-refractivity contribution < 1.29 is 24.2 Å². The Balaban J connectivity index is 1.81. The van der Waals surface area contributed by atoms with Crippen LogP contribution in [-0.4, -0.2) is 67.5 Å². The molecule has 0 saturated carbocycles. The van der Waals surface area contributed by atoms with Crippen LogP contribution in [0.5, 0.6) is 11.5 Å². The first-order chi connectivity index (χ1) is 15.4. The van der Waals surface area contributed by atoms with Gasteiger partial charge in [-0.2, -0.15) is 0 Å². The molecule has 7 nitrogen and oxygen atoms in total. The third-order valence-corrected chi connectivity index (χ3v) is 5.94. The summed E-state index contributed by atoms with van der Waals surface area (Å²) < 4.78 is 10.9. The van der Waals surface area contributed by atoms with Gasteiger partial charge in [-0.05, 0) is 68.4 Å². The topological polar surface area (TPSA) is 79.3 Å². The summed E-state index contributed by atoms with van der Waals surface area (Å²) in [6, 6.07) is 12.0. The first kappa shape index (κ1) is 21.9. The third kappa shape index (κ3) is 4.08. The summed E-state index contributed by atoms with van der Waals surface area (Å²) in [6.07, 6.45) is 1.74.